The molecule has 0 bridgehead atoms. The quantitative estimate of drug-likeness (QED) is 0.831. The second-order valence-electron chi connectivity index (χ2n) is 7.89. The van der Waals surface area contributed by atoms with Crippen LogP contribution in [0.25, 0.3) is 0 Å². The van der Waals surface area contributed by atoms with Crippen LogP contribution in [0.3, 0.4) is 0 Å². The normalized spacial score (nSPS) is 21.6. The van der Waals surface area contributed by atoms with Gasteiger partial charge >= 0.3 is 0 Å². The van der Waals surface area contributed by atoms with E-state index in [9.17, 15) is 14.0 Å². The number of halogens is 1. The van der Waals surface area contributed by atoms with Crippen molar-refractivity contribution in [2.75, 3.05) is 13.1 Å². The zero-order chi connectivity index (χ0) is 19.1. The van der Waals surface area contributed by atoms with E-state index in [1.165, 1.54) is 12.1 Å². The van der Waals surface area contributed by atoms with Crippen LogP contribution in [-0.2, 0) is 11.3 Å². The number of benzene rings is 1. The Balaban J connectivity index is 1.62. The van der Waals surface area contributed by atoms with Crippen molar-refractivity contribution >= 4 is 11.8 Å². The van der Waals surface area contributed by atoms with E-state index in [0.29, 0.717) is 37.7 Å². The van der Waals surface area contributed by atoms with Crippen molar-refractivity contribution < 1.29 is 14.0 Å². The monoisotopic (exact) mass is 369 g/mol. The van der Waals surface area contributed by atoms with E-state index >= 15 is 0 Å². The zero-order valence-electron chi connectivity index (χ0n) is 15.6. The maximum atomic E-state index is 13.2. The highest BCUT2D eigenvalue weighted by atomic mass is 19.1. The number of rotatable bonds is 4. The van der Waals surface area contributed by atoms with Gasteiger partial charge in [-0.2, -0.15) is 0 Å². The number of hydrogen-bond acceptors (Lipinski definition) is 2. The number of carbonyl (C=O) groups is 2. The maximum Gasteiger partial charge on any atom is 0.271 e. The second-order valence-corrected chi connectivity index (χ2v) is 7.89. The fourth-order valence-electron chi connectivity index (χ4n) is 4.17. The van der Waals surface area contributed by atoms with Gasteiger partial charge in [0.25, 0.3) is 5.91 Å². The van der Waals surface area contributed by atoms with Crippen LogP contribution in [0.15, 0.2) is 42.6 Å². The van der Waals surface area contributed by atoms with Crippen LogP contribution >= 0.6 is 0 Å². The smallest absolute Gasteiger partial charge is 0.271 e. The molecule has 2 amide bonds. The predicted molar refractivity (Wildman–Crippen MR) is 99.6 cm³/mol. The van der Waals surface area contributed by atoms with E-state index in [1.54, 1.807) is 12.1 Å². The number of nitrogens with zero attached hydrogens (tertiary/aromatic N) is 3. The number of amides is 2. The molecule has 5 nitrogen and oxygen atoms in total. The molecule has 0 N–H and O–H groups in total. The lowest BCUT2D eigenvalue weighted by Crippen LogP contribution is -2.49. The van der Waals surface area contributed by atoms with Crippen LogP contribution in [0.2, 0.25) is 0 Å². The summed E-state index contributed by atoms with van der Waals surface area (Å²) in [5, 5.41) is 0. The Bertz CT molecular complexity index is 859. The molecule has 0 spiro atoms. The van der Waals surface area contributed by atoms with Crippen molar-refractivity contribution in [1.29, 1.82) is 0 Å². The minimum absolute atomic E-state index is 0.0382. The number of aromatic nitrogens is 1. The lowest BCUT2D eigenvalue weighted by molar-refractivity contribution is -0.131. The average Bonchev–Trinajstić information content (AvgIpc) is 3.26. The van der Waals surface area contributed by atoms with Crippen molar-refractivity contribution in [3.05, 3.63) is 59.7 Å². The summed E-state index contributed by atoms with van der Waals surface area (Å²) in [5.41, 5.74) is 1.53. The number of hydrogen-bond donors (Lipinski definition) is 0. The van der Waals surface area contributed by atoms with Gasteiger partial charge in [0.1, 0.15) is 11.5 Å². The van der Waals surface area contributed by atoms with Gasteiger partial charge in [-0.1, -0.05) is 26.0 Å². The van der Waals surface area contributed by atoms with Crippen LogP contribution in [0.1, 0.15) is 42.4 Å². The van der Waals surface area contributed by atoms with Crippen LogP contribution in [0.4, 0.5) is 4.39 Å². The predicted octanol–water partition coefficient (Wildman–Crippen LogP) is 3.08. The molecular formula is C21H24FN3O2. The Morgan fingerprint density at radius 2 is 1.85 bits per heavy atom. The molecule has 2 aliphatic rings. The molecule has 2 aliphatic heterocycles. The molecule has 6 heteroatoms. The van der Waals surface area contributed by atoms with Gasteiger partial charge in [0.05, 0.1) is 12.1 Å². The summed E-state index contributed by atoms with van der Waals surface area (Å²) in [4.78, 5) is 29.4. The number of fused-ring (bicyclic) bond motifs is 3. The highest BCUT2D eigenvalue weighted by molar-refractivity contribution is 5.94. The fourth-order valence-corrected chi connectivity index (χ4v) is 4.17. The number of likely N-dealkylation sites (tertiary alicyclic amines) is 1. The Hall–Kier alpha value is -2.63. The molecule has 4 rings (SSSR count). The third-order valence-corrected chi connectivity index (χ3v) is 5.48. The fraction of sp³-hybridized carbons (Fsp3) is 0.429. The van der Waals surface area contributed by atoms with Gasteiger partial charge in [0.15, 0.2) is 0 Å². The molecule has 0 saturated carbocycles. The van der Waals surface area contributed by atoms with Gasteiger partial charge in [-0.05, 0) is 35.7 Å². The van der Waals surface area contributed by atoms with E-state index in [1.807, 2.05) is 46.5 Å². The summed E-state index contributed by atoms with van der Waals surface area (Å²) in [5.74, 6) is 0.118. The summed E-state index contributed by atoms with van der Waals surface area (Å²) >= 11 is 0. The standard InChI is InChI=1S/C21H24FN3O2/c1-14(2)10-20(26)23-12-18-19(13-23)25(11-15-5-7-16(22)8-6-15)21(27)17-4-3-9-24(17)18/h3-9,14,18-19H,10-13H2,1-2H3/t18-,19-/m1/s1. The Morgan fingerprint density at radius 3 is 2.56 bits per heavy atom. The van der Waals surface area contributed by atoms with Crippen molar-refractivity contribution in [1.82, 2.24) is 14.4 Å². The van der Waals surface area contributed by atoms with E-state index in [0.717, 1.165) is 5.56 Å². The van der Waals surface area contributed by atoms with E-state index in [2.05, 4.69) is 0 Å². The number of carbonyl (C=O) groups excluding carboxylic acids is 2. The average molecular weight is 369 g/mol. The molecule has 3 heterocycles. The third-order valence-electron chi connectivity index (χ3n) is 5.48. The molecule has 0 unspecified atom stereocenters. The first-order chi connectivity index (χ1) is 12.9. The first-order valence-electron chi connectivity index (χ1n) is 9.44. The highest BCUT2D eigenvalue weighted by Crippen LogP contribution is 2.35. The lowest BCUT2D eigenvalue weighted by Gasteiger charge is -2.38. The molecule has 2 aromatic rings. The van der Waals surface area contributed by atoms with Crippen LogP contribution in [0, 0.1) is 11.7 Å². The maximum absolute atomic E-state index is 13.2. The Labute approximate surface area is 158 Å². The van der Waals surface area contributed by atoms with E-state index in [4.69, 9.17) is 0 Å². The summed E-state index contributed by atoms with van der Waals surface area (Å²) in [6, 6.07) is 9.94. The van der Waals surface area contributed by atoms with Crippen molar-refractivity contribution in [2.45, 2.75) is 38.9 Å². The van der Waals surface area contributed by atoms with E-state index in [-0.39, 0.29) is 29.7 Å². The largest absolute Gasteiger partial charge is 0.338 e. The Morgan fingerprint density at radius 1 is 1.15 bits per heavy atom. The highest BCUT2D eigenvalue weighted by Gasteiger charge is 2.46. The lowest BCUT2D eigenvalue weighted by atomic mass is 10.0. The van der Waals surface area contributed by atoms with Gasteiger partial charge in [0.2, 0.25) is 5.91 Å². The molecule has 0 aliphatic carbocycles. The van der Waals surface area contributed by atoms with Crippen LogP contribution in [0.5, 0.6) is 0 Å². The Kier molecular flexibility index (Phi) is 4.50. The molecule has 27 heavy (non-hydrogen) atoms. The van der Waals surface area contributed by atoms with Crippen molar-refractivity contribution in [3.8, 4) is 0 Å². The summed E-state index contributed by atoms with van der Waals surface area (Å²) in [7, 11) is 0. The molecule has 2 atom stereocenters. The van der Waals surface area contributed by atoms with Crippen molar-refractivity contribution in [3.63, 3.8) is 0 Å². The molecule has 1 aromatic carbocycles. The molecule has 1 aromatic heterocycles. The third kappa shape index (κ3) is 3.24. The zero-order valence-corrected chi connectivity index (χ0v) is 15.6. The molecule has 1 fully saturated rings. The first-order valence-corrected chi connectivity index (χ1v) is 9.44. The summed E-state index contributed by atoms with van der Waals surface area (Å²) in [6.07, 6.45) is 2.44. The van der Waals surface area contributed by atoms with E-state index < -0.39 is 0 Å². The topological polar surface area (TPSA) is 45.6 Å². The summed E-state index contributed by atoms with van der Waals surface area (Å²) in [6.45, 7) is 5.65. The van der Waals surface area contributed by atoms with Crippen molar-refractivity contribution in [2.24, 2.45) is 5.92 Å². The molecule has 142 valence electrons. The van der Waals surface area contributed by atoms with Gasteiger partial charge in [-0.25, -0.2) is 4.39 Å². The van der Waals surface area contributed by atoms with Gasteiger partial charge < -0.3 is 14.4 Å². The SMILES string of the molecule is CC(C)CC(=O)N1C[C@@H]2[C@@H](C1)n1cccc1C(=O)N2Cc1ccc(F)cc1. The van der Waals surface area contributed by atoms with Gasteiger partial charge in [-0.15, -0.1) is 0 Å². The van der Waals surface area contributed by atoms with Gasteiger partial charge in [0, 0.05) is 32.3 Å². The van der Waals surface area contributed by atoms with Crippen LogP contribution in [-0.4, -0.2) is 45.3 Å². The molecule has 0 radical (unpaired) electrons. The minimum atomic E-state index is -0.290. The molecule has 1 saturated heterocycles. The minimum Gasteiger partial charge on any atom is -0.338 e. The van der Waals surface area contributed by atoms with Crippen LogP contribution < -0.4 is 0 Å². The van der Waals surface area contributed by atoms with Gasteiger partial charge in [-0.3, -0.25) is 9.59 Å². The molecular weight excluding hydrogens is 345 g/mol. The summed E-state index contributed by atoms with van der Waals surface area (Å²) < 4.78 is 15.2. The first kappa shape index (κ1) is 17.8. The second kappa shape index (κ2) is 6.83.